The Morgan fingerprint density at radius 3 is 2.86 bits per heavy atom. The summed E-state index contributed by atoms with van der Waals surface area (Å²) >= 11 is 2.61. The second kappa shape index (κ2) is 7.28. The number of anilines is 2. The Morgan fingerprint density at radius 1 is 1.29 bits per heavy atom. The molecule has 0 radical (unpaired) electrons. The Labute approximate surface area is 165 Å². The summed E-state index contributed by atoms with van der Waals surface area (Å²) in [7, 11) is 3.79. The van der Waals surface area contributed by atoms with Crippen molar-refractivity contribution in [3.63, 3.8) is 0 Å². The summed E-state index contributed by atoms with van der Waals surface area (Å²) in [6, 6.07) is 3.18. The van der Waals surface area contributed by atoms with Gasteiger partial charge in [-0.3, -0.25) is 9.20 Å². The third-order valence-corrected chi connectivity index (χ3v) is 5.83. The molecule has 0 aliphatic heterocycles. The summed E-state index contributed by atoms with van der Waals surface area (Å²) in [6.07, 6.45) is 1.56. The number of thiazole rings is 1. The van der Waals surface area contributed by atoms with Crippen LogP contribution in [0.15, 0.2) is 29.7 Å². The predicted octanol–water partition coefficient (Wildman–Crippen LogP) is 2.81. The van der Waals surface area contributed by atoms with Crippen LogP contribution in [0.4, 0.5) is 19.6 Å². The van der Waals surface area contributed by atoms with Gasteiger partial charge in [-0.05, 0) is 12.1 Å². The maximum absolute atomic E-state index is 13.2. The molecule has 0 aliphatic rings. The largest absolute Gasteiger partial charge is 0.354 e. The van der Waals surface area contributed by atoms with E-state index in [0.717, 1.165) is 33.7 Å². The molecule has 1 amide bonds. The molecule has 4 aromatic rings. The average molecular weight is 421 g/mol. The van der Waals surface area contributed by atoms with Crippen molar-refractivity contribution in [1.82, 2.24) is 24.6 Å². The molecule has 1 N–H and O–H groups in total. The average Bonchev–Trinajstić information content (AvgIpc) is 3.26. The quantitative estimate of drug-likeness (QED) is 0.496. The van der Waals surface area contributed by atoms with Gasteiger partial charge in [0.1, 0.15) is 11.0 Å². The summed E-state index contributed by atoms with van der Waals surface area (Å²) in [5.41, 5.74) is 1.38. The number of fused-ring (bicyclic) bond motifs is 3. The van der Waals surface area contributed by atoms with Gasteiger partial charge in [-0.2, -0.15) is 4.98 Å². The van der Waals surface area contributed by atoms with Gasteiger partial charge < -0.3 is 10.2 Å². The molecule has 0 unspecified atom stereocenters. The lowest BCUT2D eigenvalue weighted by atomic mass is 10.3. The highest BCUT2D eigenvalue weighted by Gasteiger charge is 2.16. The molecule has 3 heterocycles. The van der Waals surface area contributed by atoms with E-state index in [-0.39, 0.29) is 17.3 Å². The minimum atomic E-state index is -1.02. The van der Waals surface area contributed by atoms with Gasteiger partial charge in [-0.15, -0.1) is 10.2 Å². The fourth-order valence-electron chi connectivity index (χ4n) is 2.37. The molecule has 0 spiro atoms. The Morgan fingerprint density at radius 2 is 2.11 bits per heavy atom. The van der Waals surface area contributed by atoms with Crippen molar-refractivity contribution in [2.75, 3.05) is 30.1 Å². The first-order valence-electron chi connectivity index (χ1n) is 7.97. The Hall–Kier alpha value is -2.86. The van der Waals surface area contributed by atoms with E-state index >= 15 is 0 Å². The van der Waals surface area contributed by atoms with E-state index in [9.17, 15) is 13.6 Å². The van der Waals surface area contributed by atoms with Crippen LogP contribution in [-0.2, 0) is 4.79 Å². The van der Waals surface area contributed by atoms with Gasteiger partial charge >= 0.3 is 0 Å². The molecule has 8 nitrogen and oxygen atoms in total. The van der Waals surface area contributed by atoms with Crippen molar-refractivity contribution >= 4 is 55.8 Å². The number of halogens is 2. The van der Waals surface area contributed by atoms with Gasteiger partial charge in [0.05, 0.1) is 5.75 Å². The smallest absolute Gasteiger partial charge is 0.234 e. The Bertz CT molecular complexity index is 1190. The fourth-order valence-corrected chi connectivity index (χ4v) is 3.99. The van der Waals surface area contributed by atoms with E-state index in [2.05, 4.69) is 25.5 Å². The Balaban J connectivity index is 1.51. The normalized spacial score (nSPS) is 11.3. The minimum absolute atomic E-state index is 0.0173. The van der Waals surface area contributed by atoms with Gasteiger partial charge in [-0.25, -0.2) is 13.8 Å². The van der Waals surface area contributed by atoms with Crippen molar-refractivity contribution in [2.24, 2.45) is 0 Å². The molecule has 0 atom stereocenters. The van der Waals surface area contributed by atoms with Crippen LogP contribution in [0.2, 0.25) is 0 Å². The highest BCUT2D eigenvalue weighted by molar-refractivity contribution is 7.99. The summed E-state index contributed by atoms with van der Waals surface area (Å²) in [4.78, 5) is 22.7. The summed E-state index contributed by atoms with van der Waals surface area (Å²) in [5, 5.41) is 12.1. The first kappa shape index (κ1) is 18.5. The van der Waals surface area contributed by atoms with E-state index in [1.807, 2.05) is 19.0 Å². The number of carbonyl (C=O) groups excluding carboxylic acids is 1. The second-order valence-corrected chi connectivity index (χ2v) is 7.85. The van der Waals surface area contributed by atoms with Gasteiger partial charge in [0.15, 0.2) is 33.2 Å². The highest BCUT2D eigenvalue weighted by atomic mass is 32.2. The molecule has 1 aromatic carbocycles. The van der Waals surface area contributed by atoms with E-state index in [4.69, 9.17) is 0 Å². The summed E-state index contributed by atoms with van der Waals surface area (Å²) in [6.45, 7) is 0. The molecule has 0 saturated heterocycles. The number of hydrogen-bond donors (Lipinski definition) is 1. The van der Waals surface area contributed by atoms with E-state index in [1.54, 1.807) is 10.7 Å². The number of benzene rings is 1. The van der Waals surface area contributed by atoms with Crippen molar-refractivity contribution in [1.29, 1.82) is 0 Å². The number of rotatable bonds is 5. The van der Waals surface area contributed by atoms with Gasteiger partial charge in [0.2, 0.25) is 5.91 Å². The van der Waals surface area contributed by atoms with Crippen molar-refractivity contribution in [3.05, 3.63) is 36.2 Å². The molecule has 0 bridgehead atoms. The second-order valence-electron chi connectivity index (χ2n) is 5.93. The highest BCUT2D eigenvalue weighted by Crippen LogP contribution is 2.30. The predicted molar refractivity (Wildman–Crippen MR) is 104 cm³/mol. The van der Waals surface area contributed by atoms with Gasteiger partial charge in [-0.1, -0.05) is 23.1 Å². The monoisotopic (exact) mass is 421 g/mol. The van der Waals surface area contributed by atoms with Gasteiger partial charge in [0.25, 0.3) is 0 Å². The van der Waals surface area contributed by atoms with Crippen LogP contribution in [0, 0.1) is 11.6 Å². The topological polar surface area (TPSA) is 88.3 Å². The first-order chi connectivity index (χ1) is 13.4. The molecule has 28 heavy (non-hydrogen) atoms. The zero-order chi connectivity index (χ0) is 19.8. The first-order valence-corrected chi connectivity index (χ1v) is 9.78. The molecule has 4 rings (SSSR count). The molecule has 144 valence electrons. The van der Waals surface area contributed by atoms with Crippen LogP contribution < -0.4 is 10.2 Å². The summed E-state index contributed by atoms with van der Waals surface area (Å²) < 4.78 is 28.7. The van der Waals surface area contributed by atoms with Crippen LogP contribution in [0.3, 0.4) is 0 Å². The minimum Gasteiger partial charge on any atom is -0.354 e. The van der Waals surface area contributed by atoms with Crippen LogP contribution in [0.25, 0.3) is 16.0 Å². The van der Waals surface area contributed by atoms with Crippen molar-refractivity contribution in [3.8, 4) is 0 Å². The molecular weight excluding hydrogens is 408 g/mol. The molecule has 0 saturated carbocycles. The van der Waals surface area contributed by atoms with Crippen LogP contribution in [0.1, 0.15) is 0 Å². The van der Waals surface area contributed by atoms with E-state index < -0.39 is 11.6 Å². The molecular formula is C16H13F2N7OS2. The number of carbonyl (C=O) groups is 1. The van der Waals surface area contributed by atoms with E-state index in [1.165, 1.54) is 17.4 Å². The van der Waals surface area contributed by atoms with Crippen LogP contribution >= 0.6 is 23.1 Å². The number of hydrogen-bond acceptors (Lipinski definition) is 8. The van der Waals surface area contributed by atoms with Crippen molar-refractivity contribution in [2.45, 2.75) is 5.16 Å². The maximum Gasteiger partial charge on any atom is 0.234 e. The lowest BCUT2D eigenvalue weighted by Gasteiger charge is -2.05. The molecule has 12 heteroatoms. The van der Waals surface area contributed by atoms with Crippen LogP contribution in [0.5, 0.6) is 0 Å². The standard InChI is InChI=1S/C16H13F2N7OS2/c1-24(2)15-21-13-12(28-15)14-22-23-16(25(14)7-19-13)27-6-11(26)20-8-3-4-9(17)10(18)5-8/h3-5,7H,6H2,1-2H3,(H,20,26). The molecule has 0 aliphatic carbocycles. The third kappa shape index (κ3) is 3.47. The molecule has 0 fully saturated rings. The van der Waals surface area contributed by atoms with Crippen molar-refractivity contribution < 1.29 is 13.6 Å². The maximum atomic E-state index is 13.2. The number of nitrogens with zero attached hydrogens (tertiary/aromatic N) is 6. The lowest BCUT2D eigenvalue weighted by Crippen LogP contribution is -2.14. The SMILES string of the molecule is CN(C)c1nc2ncn3c(SCC(=O)Nc4ccc(F)c(F)c4)nnc3c2s1. The number of amides is 1. The number of thioether (sulfide) groups is 1. The molecule has 3 aromatic heterocycles. The van der Waals surface area contributed by atoms with E-state index in [0.29, 0.717) is 16.5 Å². The Kier molecular flexibility index (Phi) is 4.81. The van der Waals surface area contributed by atoms with Gasteiger partial charge in [0, 0.05) is 25.8 Å². The fraction of sp³-hybridized carbons (Fsp3) is 0.188. The summed E-state index contributed by atoms with van der Waals surface area (Å²) in [5.74, 6) is -2.36. The van der Waals surface area contributed by atoms with Crippen LogP contribution in [-0.4, -0.2) is 50.3 Å². The number of aromatic nitrogens is 5. The zero-order valence-electron chi connectivity index (χ0n) is 14.7. The zero-order valence-corrected chi connectivity index (χ0v) is 16.3. The third-order valence-electron chi connectivity index (χ3n) is 3.68. The number of nitrogens with one attached hydrogen (secondary N) is 1. The lowest BCUT2D eigenvalue weighted by molar-refractivity contribution is -0.113.